The zero-order chi connectivity index (χ0) is 17.1. The third-order valence-electron chi connectivity index (χ3n) is 3.20. The average Bonchev–Trinajstić information content (AvgIpc) is 3.15. The van der Waals surface area contributed by atoms with Gasteiger partial charge in [-0.2, -0.15) is 0 Å². The van der Waals surface area contributed by atoms with Gasteiger partial charge in [-0.15, -0.1) is 11.3 Å². The highest BCUT2D eigenvalue weighted by Crippen LogP contribution is 2.41. The van der Waals surface area contributed by atoms with Gasteiger partial charge in [0, 0.05) is 11.6 Å². The van der Waals surface area contributed by atoms with Crippen molar-refractivity contribution in [3.05, 3.63) is 51.3 Å². The van der Waals surface area contributed by atoms with Crippen molar-refractivity contribution < 1.29 is 19.4 Å². The van der Waals surface area contributed by atoms with Crippen molar-refractivity contribution in [2.24, 2.45) is 0 Å². The molecule has 0 unspecified atom stereocenters. The lowest BCUT2D eigenvalue weighted by Gasteiger charge is -2.04. The second kappa shape index (κ2) is 6.98. The van der Waals surface area contributed by atoms with Gasteiger partial charge in [0.15, 0.2) is 12.4 Å². The number of Topliss-reactive ketones (excluding diaryl/α,β-unsaturated/α-hetero) is 1. The van der Waals surface area contributed by atoms with Gasteiger partial charge in [-0.3, -0.25) is 10.2 Å². The highest BCUT2D eigenvalue weighted by atomic mass is 32.2. The topological polar surface area (TPSA) is 100 Å². The number of hydrogen-bond acceptors (Lipinski definition) is 7. The highest BCUT2D eigenvalue weighted by molar-refractivity contribution is 8.19. The van der Waals surface area contributed by atoms with E-state index in [-0.39, 0.29) is 10.8 Å². The normalized spacial score (nSPS) is 19.0. The van der Waals surface area contributed by atoms with E-state index < -0.39 is 18.5 Å². The van der Waals surface area contributed by atoms with Crippen molar-refractivity contribution in [1.29, 1.82) is 5.41 Å². The van der Waals surface area contributed by atoms with Crippen LogP contribution in [0.25, 0.3) is 6.08 Å². The van der Waals surface area contributed by atoms with Crippen molar-refractivity contribution in [2.75, 3.05) is 6.61 Å². The monoisotopic (exact) mass is 360 g/mol. The summed E-state index contributed by atoms with van der Waals surface area (Å²) in [6, 6.07) is 6.81. The van der Waals surface area contributed by atoms with Crippen molar-refractivity contribution in [1.82, 2.24) is 4.98 Å². The number of nitrogens with one attached hydrogen (secondary N) is 1. The van der Waals surface area contributed by atoms with Crippen LogP contribution in [0.3, 0.4) is 0 Å². The fourth-order valence-corrected chi connectivity index (χ4v) is 3.99. The second-order valence-electron chi connectivity index (χ2n) is 4.90. The molecule has 2 N–H and O–H groups in total. The molecular formula is C16H12N2O4S2. The van der Waals surface area contributed by atoms with Crippen molar-refractivity contribution in [3.8, 4) is 5.75 Å². The average molecular weight is 360 g/mol. The number of thiazole rings is 1. The number of rotatable bonds is 5. The zero-order valence-corrected chi connectivity index (χ0v) is 13.9. The van der Waals surface area contributed by atoms with Gasteiger partial charge < -0.3 is 9.84 Å². The van der Waals surface area contributed by atoms with Gasteiger partial charge in [-0.25, -0.2) is 9.78 Å². The van der Waals surface area contributed by atoms with E-state index >= 15 is 0 Å². The Bertz CT molecular complexity index is 830. The molecule has 1 atom stereocenters. The van der Waals surface area contributed by atoms with Crippen LogP contribution in [0.15, 0.2) is 40.7 Å². The smallest absolute Gasteiger partial charge is 0.341 e. The SMILES string of the molecule is N=C1S/C(=C\c2cccc(OCC(=O)O)c2)C(=O)[C@H]1c1nccs1. The Morgan fingerprint density at radius 2 is 2.29 bits per heavy atom. The summed E-state index contributed by atoms with van der Waals surface area (Å²) < 4.78 is 5.13. The first kappa shape index (κ1) is 16.4. The Labute approximate surface area is 145 Å². The molecule has 2 aromatic rings. The number of nitrogens with zero attached hydrogens (tertiary/aromatic N) is 1. The van der Waals surface area contributed by atoms with E-state index in [1.807, 2.05) is 0 Å². The van der Waals surface area contributed by atoms with Crippen molar-refractivity contribution in [3.63, 3.8) is 0 Å². The lowest BCUT2D eigenvalue weighted by Crippen LogP contribution is -2.11. The van der Waals surface area contributed by atoms with Crippen LogP contribution in [0.2, 0.25) is 0 Å². The summed E-state index contributed by atoms with van der Waals surface area (Å²) in [7, 11) is 0. The lowest BCUT2D eigenvalue weighted by atomic mass is 10.1. The molecule has 0 amide bonds. The molecule has 122 valence electrons. The standard InChI is InChI=1S/C16H12N2O4S2/c17-15-13(16-18-4-5-23-16)14(21)11(24-15)7-9-2-1-3-10(6-9)22-8-12(19)20/h1-7,13,17H,8H2,(H,19,20)/b11-7-,17-15?/t13-/m1/s1. The van der Waals surface area contributed by atoms with Crippen molar-refractivity contribution in [2.45, 2.75) is 5.92 Å². The molecule has 1 aromatic carbocycles. The third-order valence-corrected chi connectivity index (χ3v) is 5.04. The van der Waals surface area contributed by atoms with Crippen LogP contribution < -0.4 is 4.74 Å². The lowest BCUT2D eigenvalue weighted by molar-refractivity contribution is -0.139. The molecule has 0 aliphatic carbocycles. The Morgan fingerprint density at radius 1 is 1.46 bits per heavy atom. The third kappa shape index (κ3) is 3.55. The number of carbonyl (C=O) groups excluding carboxylic acids is 1. The summed E-state index contributed by atoms with van der Waals surface area (Å²) in [5.74, 6) is -1.40. The molecule has 6 nitrogen and oxygen atoms in total. The number of benzene rings is 1. The molecule has 2 heterocycles. The van der Waals surface area contributed by atoms with E-state index in [9.17, 15) is 9.59 Å². The molecule has 0 bridgehead atoms. The summed E-state index contributed by atoms with van der Waals surface area (Å²) in [6.45, 7) is -0.426. The fourth-order valence-electron chi connectivity index (χ4n) is 2.18. The van der Waals surface area contributed by atoms with Gasteiger partial charge >= 0.3 is 5.97 Å². The van der Waals surface area contributed by atoms with Crippen molar-refractivity contribution >= 4 is 46.0 Å². The minimum atomic E-state index is -1.06. The highest BCUT2D eigenvalue weighted by Gasteiger charge is 2.38. The molecule has 0 radical (unpaired) electrons. The summed E-state index contributed by atoms with van der Waals surface area (Å²) in [5.41, 5.74) is 0.710. The Kier molecular flexibility index (Phi) is 4.77. The molecule has 1 aliphatic rings. The van der Waals surface area contributed by atoms with E-state index in [4.69, 9.17) is 15.3 Å². The van der Waals surface area contributed by atoms with Crippen LogP contribution in [0, 0.1) is 5.41 Å². The fraction of sp³-hybridized carbons (Fsp3) is 0.125. The molecule has 0 saturated carbocycles. The number of thioether (sulfide) groups is 1. The molecule has 1 saturated heterocycles. The van der Waals surface area contributed by atoms with Crippen LogP contribution in [0.5, 0.6) is 5.75 Å². The maximum atomic E-state index is 12.5. The number of allylic oxidation sites excluding steroid dienone is 1. The molecule has 0 spiro atoms. The van der Waals surface area contributed by atoms with E-state index in [0.717, 1.165) is 11.8 Å². The summed E-state index contributed by atoms with van der Waals surface area (Å²) in [5, 5.41) is 19.4. The number of hydrogen-bond donors (Lipinski definition) is 2. The Hall–Kier alpha value is -2.45. The number of carboxylic acid groups (broad SMARTS) is 1. The van der Waals surface area contributed by atoms with E-state index in [1.165, 1.54) is 11.3 Å². The predicted octanol–water partition coefficient (Wildman–Crippen LogP) is 3.02. The number of aromatic nitrogens is 1. The van der Waals surface area contributed by atoms with Crippen LogP contribution in [0.1, 0.15) is 16.5 Å². The molecular weight excluding hydrogens is 348 g/mol. The number of aliphatic carboxylic acids is 1. The Balaban J connectivity index is 1.82. The van der Waals surface area contributed by atoms with Gasteiger partial charge in [0.25, 0.3) is 0 Å². The van der Waals surface area contributed by atoms with Crippen LogP contribution in [0.4, 0.5) is 0 Å². The molecule has 1 fully saturated rings. The van der Waals surface area contributed by atoms with E-state index in [1.54, 1.807) is 41.9 Å². The van der Waals surface area contributed by atoms with Crippen LogP contribution in [-0.2, 0) is 9.59 Å². The maximum Gasteiger partial charge on any atom is 0.341 e. The molecule has 24 heavy (non-hydrogen) atoms. The number of carbonyl (C=O) groups is 2. The van der Waals surface area contributed by atoms with Gasteiger partial charge in [0.1, 0.15) is 16.7 Å². The minimum absolute atomic E-state index is 0.142. The predicted molar refractivity (Wildman–Crippen MR) is 92.7 cm³/mol. The first-order valence-corrected chi connectivity index (χ1v) is 8.60. The first-order chi connectivity index (χ1) is 11.5. The number of ether oxygens (including phenoxy) is 1. The quantitative estimate of drug-likeness (QED) is 0.795. The molecule has 3 rings (SSSR count). The largest absolute Gasteiger partial charge is 0.482 e. The molecule has 1 aliphatic heterocycles. The minimum Gasteiger partial charge on any atom is -0.482 e. The summed E-state index contributed by atoms with van der Waals surface area (Å²) >= 11 is 2.48. The molecule has 8 heteroatoms. The van der Waals surface area contributed by atoms with Gasteiger partial charge in [0.2, 0.25) is 0 Å². The van der Waals surface area contributed by atoms with Crippen LogP contribution in [-0.4, -0.2) is 33.5 Å². The number of ketones is 1. The summed E-state index contributed by atoms with van der Waals surface area (Å²) in [6.07, 6.45) is 3.30. The first-order valence-electron chi connectivity index (χ1n) is 6.91. The summed E-state index contributed by atoms with van der Waals surface area (Å²) in [4.78, 5) is 27.7. The zero-order valence-electron chi connectivity index (χ0n) is 12.3. The van der Waals surface area contributed by atoms with E-state index in [0.29, 0.717) is 21.2 Å². The second-order valence-corrected chi connectivity index (χ2v) is 6.91. The van der Waals surface area contributed by atoms with Crippen LogP contribution >= 0.6 is 23.1 Å². The van der Waals surface area contributed by atoms with Gasteiger partial charge in [0.05, 0.1) is 9.95 Å². The van der Waals surface area contributed by atoms with Gasteiger partial charge in [-0.05, 0) is 23.8 Å². The number of carboxylic acids is 1. The maximum absolute atomic E-state index is 12.5. The Morgan fingerprint density at radius 3 is 3.00 bits per heavy atom. The molecule has 1 aromatic heterocycles. The van der Waals surface area contributed by atoms with E-state index in [2.05, 4.69) is 4.98 Å². The van der Waals surface area contributed by atoms with Gasteiger partial charge in [-0.1, -0.05) is 23.9 Å².